The molecule has 2 nitrogen and oxygen atoms in total. The number of fused-ring (bicyclic) bond motifs is 1. The van der Waals surface area contributed by atoms with Crippen LogP contribution >= 0.6 is 0 Å². The average molecular weight is 256 g/mol. The van der Waals surface area contributed by atoms with E-state index in [-0.39, 0.29) is 0 Å². The Morgan fingerprint density at radius 1 is 1.26 bits per heavy atom. The van der Waals surface area contributed by atoms with Gasteiger partial charge < -0.3 is 9.47 Å². The van der Waals surface area contributed by atoms with Crippen LogP contribution in [-0.2, 0) is 13.0 Å². The van der Waals surface area contributed by atoms with Crippen molar-refractivity contribution >= 4 is 10.9 Å². The van der Waals surface area contributed by atoms with Crippen molar-refractivity contribution in [3.8, 4) is 0 Å². The molecule has 19 heavy (non-hydrogen) atoms. The average Bonchev–Trinajstić information content (AvgIpc) is 2.98. The van der Waals surface area contributed by atoms with Crippen LogP contribution in [0.5, 0.6) is 0 Å². The SMILES string of the molecule is CCCn1ccc2ccc(CC3CCCN3C)cc21. The summed E-state index contributed by atoms with van der Waals surface area (Å²) in [5, 5.41) is 1.37. The van der Waals surface area contributed by atoms with Crippen LogP contribution in [0, 0.1) is 0 Å². The molecule has 2 heterocycles. The van der Waals surface area contributed by atoms with Gasteiger partial charge in [0.15, 0.2) is 0 Å². The maximum Gasteiger partial charge on any atom is 0.0483 e. The van der Waals surface area contributed by atoms with Crippen LogP contribution in [0.15, 0.2) is 30.5 Å². The van der Waals surface area contributed by atoms with Gasteiger partial charge in [-0.15, -0.1) is 0 Å². The summed E-state index contributed by atoms with van der Waals surface area (Å²) in [5.41, 5.74) is 2.89. The lowest BCUT2D eigenvalue weighted by Gasteiger charge is -2.19. The molecule has 2 aromatic rings. The molecule has 1 aliphatic rings. The van der Waals surface area contributed by atoms with Gasteiger partial charge in [-0.25, -0.2) is 0 Å². The lowest BCUT2D eigenvalue weighted by Crippen LogP contribution is -2.26. The van der Waals surface area contributed by atoms with Gasteiger partial charge in [-0.3, -0.25) is 0 Å². The van der Waals surface area contributed by atoms with Crippen LogP contribution in [0.4, 0.5) is 0 Å². The number of likely N-dealkylation sites (N-methyl/N-ethyl adjacent to an activating group) is 1. The zero-order valence-electron chi connectivity index (χ0n) is 12.1. The second-order valence-corrected chi connectivity index (χ2v) is 5.88. The first-order valence-corrected chi connectivity index (χ1v) is 7.56. The van der Waals surface area contributed by atoms with E-state index in [1.807, 2.05) is 0 Å². The van der Waals surface area contributed by atoms with E-state index >= 15 is 0 Å². The molecule has 102 valence electrons. The van der Waals surface area contributed by atoms with Crippen molar-refractivity contribution in [1.82, 2.24) is 9.47 Å². The highest BCUT2D eigenvalue weighted by molar-refractivity contribution is 5.80. The molecule has 1 atom stereocenters. The van der Waals surface area contributed by atoms with Crippen molar-refractivity contribution in [1.29, 1.82) is 0 Å². The third kappa shape index (κ3) is 2.55. The Labute approximate surface area is 116 Å². The minimum Gasteiger partial charge on any atom is -0.347 e. The topological polar surface area (TPSA) is 8.17 Å². The molecule has 0 spiro atoms. The molecule has 0 saturated carbocycles. The van der Waals surface area contributed by atoms with Crippen molar-refractivity contribution in [3.63, 3.8) is 0 Å². The molecule has 0 radical (unpaired) electrons. The number of likely N-dealkylation sites (tertiary alicyclic amines) is 1. The lowest BCUT2D eigenvalue weighted by molar-refractivity contribution is 0.309. The second-order valence-electron chi connectivity index (χ2n) is 5.88. The van der Waals surface area contributed by atoms with Gasteiger partial charge in [-0.2, -0.15) is 0 Å². The van der Waals surface area contributed by atoms with E-state index in [2.05, 4.69) is 53.9 Å². The number of rotatable bonds is 4. The summed E-state index contributed by atoms with van der Waals surface area (Å²) < 4.78 is 2.39. The number of aryl methyl sites for hydroxylation is 1. The highest BCUT2D eigenvalue weighted by Crippen LogP contribution is 2.23. The first-order valence-electron chi connectivity index (χ1n) is 7.56. The molecule has 0 aliphatic carbocycles. The number of benzene rings is 1. The van der Waals surface area contributed by atoms with E-state index in [1.54, 1.807) is 0 Å². The third-order valence-corrected chi connectivity index (χ3v) is 4.45. The first kappa shape index (κ1) is 12.7. The van der Waals surface area contributed by atoms with E-state index in [0.29, 0.717) is 0 Å². The minimum atomic E-state index is 0.743. The summed E-state index contributed by atoms with van der Waals surface area (Å²) in [6.45, 7) is 4.62. The first-order chi connectivity index (χ1) is 9.28. The lowest BCUT2D eigenvalue weighted by atomic mass is 10.0. The second kappa shape index (κ2) is 5.38. The maximum absolute atomic E-state index is 2.51. The molecule has 1 fully saturated rings. The summed E-state index contributed by atoms with van der Waals surface area (Å²) in [5.74, 6) is 0. The van der Waals surface area contributed by atoms with Crippen molar-refractivity contribution < 1.29 is 0 Å². The molecule has 3 rings (SSSR count). The quantitative estimate of drug-likeness (QED) is 0.810. The van der Waals surface area contributed by atoms with Gasteiger partial charge >= 0.3 is 0 Å². The summed E-state index contributed by atoms with van der Waals surface area (Å²) >= 11 is 0. The molecule has 1 unspecified atom stereocenters. The Morgan fingerprint density at radius 3 is 2.89 bits per heavy atom. The fourth-order valence-corrected chi connectivity index (χ4v) is 3.30. The number of nitrogens with zero attached hydrogens (tertiary/aromatic N) is 2. The van der Waals surface area contributed by atoms with Gasteiger partial charge in [-0.1, -0.05) is 19.1 Å². The summed E-state index contributed by atoms with van der Waals surface area (Å²) in [6.07, 6.45) is 7.32. The Kier molecular flexibility index (Phi) is 3.61. The van der Waals surface area contributed by atoms with Gasteiger partial charge in [0.25, 0.3) is 0 Å². The largest absolute Gasteiger partial charge is 0.347 e. The molecule has 0 amide bonds. The highest BCUT2D eigenvalue weighted by Gasteiger charge is 2.20. The molecule has 2 heteroatoms. The van der Waals surface area contributed by atoms with E-state index in [9.17, 15) is 0 Å². The Hall–Kier alpha value is -1.28. The normalized spacial score (nSPS) is 20.4. The fraction of sp³-hybridized carbons (Fsp3) is 0.529. The van der Waals surface area contributed by atoms with Crippen LogP contribution in [0.25, 0.3) is 10.9 Å². The Balaban J connectivity index is 1.85. The van der Waals surface area contributed by atoms with Gasteiger partial charge in [0.2, 0.25) is 0 Å². The van der Waals surface area contributed by atoms with Crippen molar-refractivity contribution in [2.45, 2.75) is 45.2 Å². The predicted octanol–water partition coefficient (Wildman–Crippen LogP) is 3.69. The maximum atomic E-state index is 2.51. The fourth-order valence-electron chi connectivity index (χ4n) is 3.30. The van der Waals surface area contributed by atoms with E-state index in [4.69, 9.17) is 0 Å². The molecule has 0 bridgehead atoms. The van der Waals surface area contributed by atoms with Gasteiger partial charge in [0, 0.05) is 24.3 Å². The zero-order chi connectivity index (χ0) is 13.2. The Bertz CT molecular complexity index is 555. The summed E-state index contributed by atoms with van der Waals surface area (Å²) in [7, 11) is 2.26. The third-order valence-electron chi connectivity index (χ3n) is 4.45. The van der Waals surface area contributed by atoms with Crippen LogP contribution in [-0.4, -0.2) is 29.1 Å². The van der Waals surface area contributed by atoms with Crippen molar-refractivity contribution in [3.05, 3.63) is 36.0 Å². The zero-order valence-corrected chi connectivity index (χ0v) is 12.1. The number of hydrogen-bond acceptors (Lipinski definition) is 1. The minimum absolute atomic E-state index is 0.743. The summed E-state index contributed by atoms with van der Waals surface area (Å²) in [6, 6.07) is 9.97. The van der Waals surface area contributed by atoms with E-state index in [0.717, 1.165) is 12.6 Å². The van der Waals surface area contributed by atoms with E-state index in [1.165, 1.54) is 48.7 Å². The molecule has 1 saturated heterocycles. The van der Waals surface area contributed by atoms with E-state index < -0.39 is 0 Å². The highest BCUT2D eigenvalue weighted by atomic mass is 15.1. The van der Waals surface area contributed by atoms with Crippen molar-refractivity contribution in [2.24, 2.45) is 0 Å². The molecule has 1 aromatic carbocycles. The Morgan fingerprint density at radius 2 is 2.16 bits per heavy atom. The molecule has 1 aliphatic heterocycles. The number of hydrogen-bond donors (Lipinski definition) is 0. The van der Waals surface area contributed by atoms with Crippen LogP contribution in [0.3, 0.4) is 0 Å². The molecular formula is C17H24N2. The van der Waals surface area contributed by atoms with Gasteiger partial charge in [0.1, 0.15) is 0 Å². The van der Waals surface area contributed by atoms with Crippen LogP contribution in [0.1, 0.15) is 31.7 Å². The molecular weight excluding hydrogens is 232 g/mol. The molecule has 1 aromatic heterocycles. The van der Waals surface area contributed by atoms with Gasteiger partial charge in [-0.05, 0) is 62.4 Å². The standard InChI is InChI=1S/C17H24N2/c1-3-9-19-11-8-15-7-6-14(13-17(15)19)12-16-5-4-10-18(16)2/h6-8,11,13,16H,3-5,9-10,12H2,1-2H3. The summed E-state index contributed by atoms with van der Waals surface area (Å²) in [4.78, 5) is 2.51. The molecule has 0 N–H and O–H groups in total. The van der Waals surface area contributed by atoms with Crippen molar-refractivity contribution in [2.75, 3.05) is 13.6 Å². The van der Waals surface area contributed by atoms with Gasteiger partial charge in [0.05, 0.1) is 0 Å². The predicted molar refractivity (Wildman–Crippen MR) is 81.6 cm³/mol. The number of aromatic nitrogens is 1. The monoisotopic (exact) mass is 256 g/mol. The van der Waals surface area contributed by atoms with Crippen LogP contribution in [0.2, 0.25) is 0 Å². The van der Waals surface area contributed by atoms with Crippen LogP contribution < -0.4 is 0 Å². The smallest absolute Gasteiger partial charge is 0.0483 e.